The van der Waals surface area contributed by atoms with E-state index >= 15 is 0 Å². The van der Waals surface area contributed by atoms with E-state index in [9.17, 15) is 18.0 Å². The first-order valence-corrected chi connectivity index (χ1v) is 4.21. The first-order valence-electron chi connectivity index (χ1n) is 4.21. The van der Waals surface area contributed by atoms with E-state index in [-0.39, 0.29) is 6.61 Å². The topological polar surface area (TPSA) is 46.5 Å². The lowest BCUT2D eigenvalue weighted by Gasteiger charge is -2.39. The molecule has 1 unspecified atom stereocenters. The van der Waals surface area contributed by atoms with Gasteiger partial charge in [0.1, 0.15) is 0 Å². The quantitative estimate of drug-likeness (QED) is 0.770. The fourth-order valence-corrected chi connectivity index (χ4v) is 1.53. The second kappa shape index (κ2) is 3.76. The van der Waals surface area contributed by atoms with E-state index in [0.717, 1.165) is 0 Å². The van der Waals surface area contributed by atoms with Gasteiger partial charge in [0.05, 0.1) is 19.9 Å². The van der Waals surface area contributed by atoms with E-state index in [4.69, 9.17) is 9.84 Å². The van der Waals surface area contributed by atoms with Crippen molar-refractivity contribution < 1.29 is 27.8 Å². The molecule has 3 nitrogen and oxygen atoms in total. The highest BCUT2D eigenvalue weighted by Gasteiger charge is 2.60. The van der Waals surface area contributed by atoms with Gasteiger partial charge in [-0.05, 0) is 6.42 Å². The Hall–Kier alpha value is -0.780. The van der Waals surface area contributed by atoms with Crippen LogP contribution in [0.1, 0.15) is 12.8 Å². The largest absolute Gasteiger partial charge is 0.481 e. The molecule has 1 rings (SSSR count). The molecular formula is C8H11F3O3. The summed E-state index contributed by atoms with van der Waals surface area (Å²) in [5.74, 6) is -5.09. The van der Waals surface area contributed by atoms with Crippen molar-refractivity contribution in [1.82, 2.24) is 0 Å². The van der Waals surface area contributed by atoms with Gasteiger partial charge in [-0.1, -0.05) is 0 Å². The molecule has 0 amide bonds. The van der Waals surface area contributed by atoms with Crippen LogP contribution >= 0.6 is 0 Å². The normalized spacial score (nSPS) is 31.4. The molecule has 82 valence electrons. The van der Waals surface area contributed by atoms with Crippen molar-refractivity contribution in [2.45, 2.75) is 18.8 Å². The second-order valence-corrected chi connectivity index (χ2v) is 3.33. The Morgan fingerprint density at radius 1 is 1.50 bits per heavy atom. The van der Waals surface area contributed by atoms with Crippen LogP contribution in [0.5, 0.6) is 0 Å². The lowest BCUT2D eigenvalue weighted by Crippen LogP contribution is -2.54. The molecule has 6 heteroatoms. The molecule has 0 spiro atoms. The van der Waals surface area contributed by atoms with Crippen molar-refractivity contribution in [3.8, 4) is 0 Å². The van der Waals surface area contributed by atoms with Crippen molar-refractivity contribution >= 4 is 5.97 Å². The zero-order valence-corrected chi connectivity index (χ0v) is 7.43. The molecule has 0 aliphatic carbocycles. The van der Waals surface area contributed by atoms with E-state index in [1.807, 2.05) is 0 Å². The number of halogens is 3. The molecule has 0 saturated carbocycles. The van der Waals surface area contributed by atoms with Gasteiger partial charge >= 0.3 is 5.97 Å². The molecule has 0 radical (unpaired) electrons. The third-order valence-electron chi connectivity index (χ3n) is 2.54. The minimum absolute atomic E-state index is 0.186. The fraction of sp³-hybridized carbons (Fsp3) is 0.875. The van der Waals surface area contributed by atoms with Gasteiger partial charge in [-0.3, -0.25) is 9.18 Å². The van der Waals surface area contributed by atoms with Crippen LogP contribution in [0.3, 0.4) is 0 Å². The first-order chi connectivity index (χ1) is 6.46. The summed E-state index contributed by atoms with van der Waals surface area (Å²) < 4.78 is 43.5. The Morgan fingerprint density at radius 2 is 2.14 bits per heavy atom. The van der Waals surface area contributed by atoms with Crippen molar-refractivity contribution in [2.75, 3.05) is 19.9 Å². The zero-order chi connectivity index (χ0) is 10.8. The number of carboxylic acid groups (broad SMARTS) is 1. The average molecular weight is 212 g/mol. The summed E-state index contributed by atoms with van der Waals surface area (Å²) in [6.45, 7) is -1.90. The van der Waals surface area contributed by atoms with Crippen molar-refractivity contribution in [2.24, 2.45) is 5.41 Å². The Labute approximate surface area is 78.9 Å². The maximum atomic E-state index is 13.3. The molecule has 1 aliphatic rings. The summed E-state index contributed by atoms with van der Waals surface area (Å²) in [7, 11) is 0. The number of alkyl halides is 3. The summed E-state index contributed by atoms with van der Waals surface area (Å²) in [6, 6.07) is 0. The number of carboxylic acids is 1. The monoisotopic (exact) mass is 212 g/mol. The highest BCUT2D eigenvalue weighted by Crippen LogP contribution is 2.45. The molecule has 1 saturated heterocycles. The summed E-state index contributed by atoms with van der Waals surface area (Å²) in [6.07, 6.45) is -1.38. The van der Waals surface area contributed by atoms with Gasteiger partial charge in [-0.25, -0.2) is 8.78 Å². The summed E-state index contributed by atoms with van der Waals surface area (Å²) in [5, 5.41) is 8.73. The van der Waals surface area contributed by atoms with Gasteiger partial charge in [0.15, 0.2) is 5.41 Å². The summed E-state index contributed by atoms with van der Waals surface area (Å²) in [4.78, 5) is 10.8. The molecule has 0 aromatic heterocycles. The Morgan fingerprint density at radius 3 is 2.57 bits per heavy atom. The minimum Gasteiger partial charge on any atom is -0.481 e. The maximum Gasteiger partial charge on any atom is 0.318 e. The Kier molecular flexibility index (Phi) is 3.04. The average Bonchev–Trinajstić information content (AvgIpc) is 2.08. The number of hydrogen-bond donors (Lipinski definition) is 1. The van der Waals surface area contributed by atoms with Crippen LogP contribution in [0.15, 0.2) is 0 Å². The first kappa shape index (κ1) is 11.3. The van der Waals surface area contributed by atoms with Crippen LogP contribution in [0.4, 0.5) is 13.2 Å². The summed E-state index contributed by atoms with van der Waals surface area (Å²) >= 11 is 0. The molecule has 1 aliphatic heterocycles. The highest BCUT2D eigenvalue weighted by atomic mass is 19.3. The van der Waals surface area contributed by atoms with Crippen molar-refractivity contribution in [1.29, 1.82) is 0 Å². The molecule has 0 bridgehead atoms. The lowest BCUT2D eigenvalue weighted by atomic mass is 9.76. The van der Waals surface area contributed by atoms with Crippen LogP contribution in [-0.2, 0) is 9.53 Å². The Bertz CT molecular complexity index is 228. The molecule has 0 aromatic carbocycles. The zero-order valence-electron chi connectivity index (χ0n) is 7.43. The van der Waals surface area contributed by atoms with Crippen molar-refractivity contribution in [3.05, 3.63) is 0 Å². The summed E-state index contributed by atoms with van der Waals surface area (Å²) in [5.41, 5.74) is -2.39. The van der Waals surface area contributed by atoms with Crippen LogP contribution in [0.25, 0.3) is 0 Å². The van der Waals surface area contributed by atoms with E-state index in [0.29, 0.717) is 0 Å². The van der Waals surface area contributed by atoms with Gasteiger partial charge in [0, 0.05) is 6.42 Å². The number of hydrogen-bond acceptors (Lipinski definition) is 2. The van der Waals surface area contributed by atoms with Gasteiger partial charge in [-0.15, -0.1) is 0 Å². The number of rotatable bonds is 3. The van der Waals surface area contributed by atoms with Crippen LogP contribution in [0.2, 0.25) is 0 Å². The Balaban J connectivity index is 2.98. The van der Waals surface area contributed by atoms with Crippen LogP contribution < -0.4 is 0 Å². The van der Waals surface area contributed by atoms with Gasteiger partial charge in [-0.2, -0.15) is 0 Å². The molecule has 1 atom stereocenters. The van der Waals surface area contributed by atoms with Gasteiger partial charge < -0.3 is 9.84 Å². The second-order valence-electron chi connectivity index (χ2n) is 3.33. The van der Waals surface area contributed by atoms with E-state index in [2.05, 4.69) is 0 Å². The SMILES string of the molecule is O=C(O)C1(CCF)COCCC1(F)F. The fourth-order valence-electron chi connectivity index (χ4n) is 1.53. The number of ether oxygens (including phenoxy) is 1. The van der Waals surface area contributed by atoms with E-state index in [1.54, 1.807) is 0 Å². The number of carbonyl (C=O) groups is 1. The third kappa shape index (κ3) is 1.58. The van der Waals surface area contributed by atoms with Crippen LogP contribution in [-0.4, -0.2) is 36.9 Å². The molecular weight excluding hydrogens is 201 g/mol. The molecule has 14 heavy (non-hydrogen) atoms. The molecule has 1 N–H and O–H groups in total. The van der Waals surface area contributed by atoms with E-state index < -0.39 is 43.4 Å². The minimum atomic E-state index is -3.40. The standard InChI is InChI=1S/C8H11F3O3/c9-3-1-7(6(12)13)5-14-4-2-8(7,10)11/h1-5H2,(H,12,13). The van der Waals surface area contributed by atoms with Crippen LogP contribution in [0, 0.1) is 5.41 Å². The highest BCUT2D eigenvalue weighted by molar-refractivity contribution is 5.76. The lowest BCUT2D eigenvalue weighted by molar-refractivity contribution is -0.218. The molecule has 0 aromatic rings. The number of aliphatic carboxylic acids is 1. The molecule has 1 heterocycles. The van der Waals surface area contributed by atoms with Gasteiger partial charge in [0.25, 0.3) is 5.92 Å². The molecule has 1 fully saturated rings. The predicted molar refractivity (Wildman–Crippen MR) is 41.0 cm³/mol. The maximum absolute atomic E-state index is 13.3. The smallest absolute Gasteiger partial charge is 0.318 e. The van der Waals surface area contributed by atoms with Gasteiger partial charge in [0.2, 0.25) is 0 Å². The van der Waals surface area contributed by atoms with Crippen molar-refractivity contribution in [3.63, 3.8) is 0 Å². The van der Waals surface area contributed by atoms with E-state index in [1.165, 1.54) is 0 Å². The predicted octanol–water partition coefficient (Wildman–Crippen LogP) is 1.47. The third-order valence-corrected chi connectivity index (χ3v) is 2.54.